The Labute approximate surface area is 123 Å². The number of hydrogen-bond acceptors (Lipinski definition) is 4. The molecule has 3 rings (SSSR count). The Morgan fingerprint density at radius 1 is 1.29 bits per heavy atom. The number of carbonyl (C=O) groups is 2. The lowest BCUT2D eigenvalue weighted by Crippen LogP contribution is -2.37. The third-order valence-corrected chi connectivity index (χ3v) is 4.59. The largest absolute Gasteiger partial charge is 0.481 e. The van der Waals surface area contributed by atoms with E-state index in [-0.39, 0.29) is 5.91 Å². The van der Waals surface area contributed by atoms with E-state index in [0.717, 1.165) is 37.5 Å². The van der Waals surface area contributed by atoms with Gasteiger partial charge in [0.15, 0.2) is 5.82 Å². The second kappa shape index (κ2) is 5.46. The van der Waals surface area contributed by atoms with Gasteiger partial charge in [-0.05, 0) is 19.3 Å². The molecule has 0 saturated heterocycles. The van der Waals surface area contributed by atoms with E-state index in [4.69, 9.17) is 0 Å². The molecule has 2 aliphatic rings. The molecule has 114 valence electrons. The van der Waals surface area contributed by atoms with Crippen molar-refractivity contribution < 1.29 is 14.7 Å². The average molecular weight is 292 g/mol. The fourth-order valence-electron chi connectivity index (χ4n) is 3.45. The molecule has 1 N–H and O–H groups in total. The first-order chi connectivity index (χ1) is 10.1. The molecule has 1 aromatic rings. The quantitative estimate of drug-likeness (QED) is 0.881. The first-order valence-electron chi connectivity index (χ1n) is 7.46. The predicted octanol–water partition coefficient (Wildman–Crippen LogP) is 0.684. The van der Waals surface area contributed by atoms with E-state index in [2.05, 4.69) is 14.8 Å². The van der Waals surface area contributed by atoms with Crippen molar-refractivity contribution in [1.82, 2.24) is 19.7 Å². The summed E-state index contributed by atoms with van der Waals surface area (Å²) in [5.41, 5.74) is 0. The zero-order valence-corrected chi connectivity index (χ0v) is 12.2. The van der Waals surface area contributed by atoms with Gasteiger partial charge < -0.3 is 14.6 Å². The molecule has 1 aliphatic carbocycles. The molecule has 21 heavy (non-hydrogen) atoms. The van der Waals surface area contributed by atoms with Crippen molar-refractivity contribution in [2.75, 3.05) is 7.05 Å². The van der Waals surface area contributed by atoms with Crippen LogP contribution in [-0.2, 0) is 29.1 Å². The minimum absolute atomic E-state index is 0.0877. The zero-order chi connectivity index (χ0) is 15.0. The molecule has 0 radical (unpaired) electrons. The number of aryl methyl sites for hydroxylation is 1. The highest BCUT2D eigenvalue weighted by molar-refractivity contribution is 5.85. The van der Waals surface area contributed by atoms with Crippen molar-refractivity contribution in [3.8, 4) is 0 Å². The number of aliphatic carboxylic acids is 1. The number of fused-ring (bicyclic) bond motifs is 1. The molecule has 1 amide bonds. The highest BCUT2D eigenvalue weighted by atomic mass is 16.4. The van der Waals surface area contributed by atoms with Gasteiger partial charge in [0.1, 0.15) is 5.82 Å². The van der Waals surface area contributed by atoms with Gasteiger partial charge in [-0.1, -0.05) is 6.42 Å². The zero-order valence-electron chi connectivity index (χ0n) is 12.2. The molecule has 1 fully saturated rings. The van der Waals surface area contributed by atoms with Crippen LogP contribution in [0.15, 0.2) is 0 Å². The topological polar surface area (TPSA) is 88.3 Å². The maximum atomic E-state index is 12.5. The van der Waals surface area contributed by atoms with Gasteiger partial charge in [-0.15, -0.1) is 10.2 Å². The summed E-state index contributed by atoms with van der Waals surface area (Å²) in [5, 5.41) is 17.5. The van der Waals surface area contributed by atoms with Crippen LogP contribution in [0.3, 0.4) is 0 Å². The Morgan fingerprint density at radius 2 is 2.05 bits per heavy atom. The van der Waals surface area contributed by atoms with Crippen molar-refractivity contribution in [3.63, 3.8) is 0 Å². The van der Waals surface area contributed by atoms with Crippen LogP contribution in [0.4, 0.5) is 0 Å². The van der Waals surface area contributed by atoms with Crippen molar-refractivity contribution in [3.05, 3.63) is 11.6 Å². The minimum Gasteiger partial charge on any atom is -0.481 e. The van der Waals surface area contributed by atoms with Gasteiger partial charge in [-0.3, -0.25) is 9.59 Å². The summed E-state index contributed by atoms with van der Waals surface area (Å²) in [7, 11) is 1.72. The molecule has 2 atom stereocenters. The fraction of sp³-hybridized carbons (Fsp3) is 0.714. The normalized spacial score (nSPS) is 24.0. The number of nitrogens with zero attached hydrogens (tertiary/aromatic N) is 4. The van der Waals surface area contributed by atoms with E-state index >= 15 is 0 Å². The Balaban J connectivity index is 1.68. The van der Waals surface area contributed by atoms with Crippen LogP contribution >= 0.6 is 0 Å². The summed E-state index contributed by atoms with van der Waals surface area (Å²) in [6.07, 6.45) is 4.08. The molecule has 1 saturated carbocycles. The second-order valence-electron chi connectivity index (χ2n) is 5.96. The number of amides is 1. The molecule has 0 aromatic carbocycles. The molecule has 7 heteroatoms. The standard InChI is InChI=1S/C14H20N4O3/c1-17(8-12-16-15-11-6-3-7-18(11)12)13(19)9-4-2-5-10(9)14(20)21/h9-10H,2-8H2,1H3,(H,20,21)/t9-,10+/m1/s1. The Hall–Kier alpha value is -1.92. The summed E-state index contributed by atoms with van der Waals surface area (Å²) >= 11 is 0. The number of aromatic nitrogens is 3. The number of carboxylic acids is 1. The summed E-state index contributed by atoms with van der Waals surface area (Å²) in [4.78, 5) is 25.3. The average Bonchev–Trinajstić information content (AvgIpc) is 3.14. The number of carbonyl (C=O) groups excluding carboxylic acids is 1. The Kier molecular flexibility index (Phi) is 3.65. The van der Waals surface area contributed by atoms with E-state index < -0.39 is 17.8 Å². The predicted molar refractivity (Wildman–Crippen MR) is 73.3 cm³/mol. The second-order valence-corrected chi connectivity index (χ2v) is 5.96. The van der Waals surface area contributed by atoms with Gasteiger partial charge in [0.2, 0.25) is 5.91 Å². The van der Waals surface area contributed by atoms with Crippen LogP contribution in [0, 0.1) is 11.8 Å². The fourth-order valence-corrected chi connectivity index (χ4v) is 3.45. The van der Waals surface area contributed by atoms with Gasteiger partial charge in [0.25, 0.3) is 0 Å². The molecule has 1 aliphatic heterocycles. The van der Waals surface area contributed by atoms with Gasteiger partial charge in [0, 0.05) is 20.0 Å². The maximum Gasteiger partial charge on any atom is 0.307 e. The molecule has 0 unspecified atom stereocenters. The maximum absolute atomic E-state index is 12.5. The summed E-state index contributed by atoms with van der Waals surface area (Å²) in [6.45, 7) is 1.30. The molecule has 0 spiro atoms. The summed E-state index contributed by atoms with van der Waals surface area (Å²) in [5.74, 6) is -0.103. The third-order valence-electron chi connectivity index (χ3n) is 4.59. The monoisotopic (exact) mass is 292 g/mol. The SMILES string of the molecule is CN(Cc1nnc2n1CCC2)C(=O)[C@@H]1CCC[C@@H]1C(=O)O. The van der Waals surface area contributed by atoms with E-state index in [0.29, 0.717) is 19.4 Å². The number of rotatable bonds is 4. The van der Waals surface area contributed by atoms with Crippen LogP contribution in [0.5, 0.6) is 0 Å². The van der Waals surface area contributed by atoms with Gasteiger partial charge in [-0.25, -0.2) is 0 Å². The van der Waals surface area contributed by atoms with E-state index in [9.17, 15) is 14.7 Å². The van der Waals surface area contributed by atoms with Crippen molar-refractivity contribution in [2.24, 2.45) is 11.8 Å². The molecular weight excluding hydrogens is 272 g/mol. The van der Waals surface area contributed by atoms with Crippen LogP contribution in [0.2, 0.25) is 0 Å². The van der Waals surface area contributed by atoms with Crippen LogP contribution in [0.25, 0.3) is 0 Å². The highest BCUT2D eigenvalue weighted by Crippen LogP contribution is 2.33. The third kappa shape index (κ3) is 2.52. The highest BCUT2D eigenvalue weighted by Gasteiger charge is 2.39. The minimum atomic E-state index is -0.859. The first kappa shape index (κ1) is 14.0. The lowest BCUT2D eigenvalue weighted by Gasteiger charge is -2.23. The van der Waals surface area contributed by atoms with Crippen molar-refractivity contribution >= 4 is 11.9 Å². The van der Waals surface area contributed by atoms with Crippen LogP contribution in [-0.4, -0.2) is 43.7 Å². The van der Waals surface area contributed by atoms with E-state index in [1.54, 1.807) is 11.9 Å². The lowest BCUT2D eigenvalue weighted by molar-refractivity contribution is -0.148. The van der Waals surface area contributed by atoms with E-state index in [1.807, 2.05) is 0 Å². The van der Waals surface area contributed by atoms with Crippen LogP contribution < -0.4 is 0 Å². The smallest absolute Gasteiger partial charge is 0.307 e. The van der Waals surface area contributed by atoms with Crippen LogP contribution in [0.1, 0.15) is 37.3 Å². The molecule has 0 bridgehead atoms. The molecule has 2 heterocycles. The summed E-state index contributed by atoms with van der Waals surface area (Å²) < 4.78 is 2.06. The lowest BCUT2D eigenvalue weighted by atomic mass is 9.95. The number of hydrogen-bond donors (Lipinski definition) is 1. The summed E-state index contributed by atoms with van der Waals surface area (Å²) in [6, 6.07) is 0. The Bertz CT molecular complexity index is 569. The number of carboxylic acid groups (broad SMARTS) is 1. The first-order valence-corrected chi connectivity index (χ1v) is 7.46. The van der Waals surface area contributed by atoms with Gasteiger partial charge in [-0.2, -0.15) is 0 Å². The van der Waals surface area contributed by atoms with E-state index in [1.165, 1.54) is 0 Å². The molecular formula is C14H20N4O3. The Morgan fingerprint density at radius 3 is 2.81 bits per heavy atom. The molecule has 7 nitrogen and oxygen atoms in total. The van der Waals surface area contributed by atoms with Gasteiger partial charge >= 0.3 is 5.97 Å². The van der Waals surface area contributed by atoms with Crippen molar-refractivity contribution in [2.45, 2.75) is 45.2 Å². The van der Waals surface area contributed by atoms with Crippen molar-refractivity contribution in [1.29, 1.82) is 0 Å². The molecule has 1 aromatic heterocycles. The van der Waals surface area contributed by atoms with Gasteiger partial charge in [0.05, 0.1) is 18.4 Å².